The van der Waals surface area contributed by atoms with Gasteiger partial charge in [0.05, 0.1) is 0 Å². The molecule has 0 fully saturated rings. The SMILES string of the molecule is CC(=C(C(F)(CF)CF)C(F)(CF)CF)C(F)(F)F. The van der Waals surface area contributed by atoms with Gasteiger partial charge in [-0.2, -0.15) is 13.2 Å². The van der Waals surface area contributed by atoms with Gasteiger partial charge in [0.2, 0.25) is 0 Å². The zero-order valence-corrected chi connectivity index (χ0v) is 9.73. The Morgan fingerprint density at radius 2 is 0.947 bits per heavy atom. The van der Waals surface area contributed by atoms with E-state index in [1.807, 2.05) is 0 Å². The molecule has 0 spiro atoms. The van der Waals surface area contributed by atoms with Crippen LogP contribution in [0.15, 0.2) is 11.1 Å². The first-order valence-corrected chi connectivity index (χ1v) is 4.93. The van der Waals surface area contributed by atoms with Crippen LogP contribution in [0.3, 0.4) is 0 Å². The summed E-state index contributed by atoms with van der Waals surface area (Å²) in [5, 5.41) is 0. The molecule has 0 aromatic heterocycles. The van der Waals surface area contributed by atoms with E-state index in [0.29, 0.717) is 0 Å². The Bertz CT molecular complexity index is 302. The van der Waals surface area contributed by atoms with Crippen molar-refractivity contribution in [3.63, 3.8) is 0 Å². The molecule has 19 heavy (non-hydrogen) atoms. The van der Waals surface area contributed by atoms with Gasteiger partial charge in [-0.3, -0.25) is 0 Å². The van der Waals surface area contributed by atoms with Crippen LogP contribution in [-0.2, 0) is 0 Å². The summed E-state index contributed by atoms with van der Waals surface area (Å²) in [6.07, 6.45) is -5.38. The molecule has 0 aliphatic carbocycles. The van der Waals surface area contributed by atoms with Gasteiger partial charge in [0.25, 0.3) is 0 Å². The highest BCUT2D eigenvalue weighted by atomic mass is 19.4. The third-order valence-electron chi connectivity index (χ3n) is 2.54. The van der Waals surface area contributed by atoms with Crippen LogP contribution >= 0.6 is 0 Å². The lowest BCUT2D eigenvalue weighted by Crippen LogP contribution is -2.47. The van der Waals surface area contributed by atoms with Crippen molar-refractivity contribution in [2.24, 2.45) is 0 Å². The summed E-state index contributed by atoms with van der Waals surface area (Å²) in [4.78, 5) is 0. The topological polar surface area (TPSA) is 0 Å². The molecule has 9 heteroatoms. The van der Waals surface area contributed by atoms with E-state index in [4.69, 9.17) is 0 Å². The van der Waals surface area contributed by atoms with E-state index in [9.17, 15) is 39.5 Å². The van der Waals surface area contributed by atoms with Crippen molar-refractivity contribution in [3.05, 3.63) is 11.1 Å². The van der Waals surface area contributed by atoms with Crippen molar-refractivity contribution < 1.29 is 39.5 Å². The largest absolute Gasteiger partial charge is 0.412 e. The molecule has 0 unspecified atom stereocenters. The van der Waals surface area contributed by atoms with E-state index in [0.717, 1.165) is 0 Å². The molecule has 0 nitrogen and oxygen atoms in total. The number of hydrogen-bond acceptors (Lipinski definition) is 0. The van der Waals surface area contributed by atoms with Crippen molar-refractivity contribution >= 4 is 0 Å². The predicted octanol–water partition coefficient (Wildman–Crippen LogP) is 4.16. The maximum Gasteiger partial charge on any atom is 0.412 e. The average Bonchev–Trinajstić information content (AvgIpc) is 2.36. The van der Waals surface area contributed by atoms with Gasteiger partial charge in [0.1, 0.15) is 26.7 Å². The molecule has 0 bridgehead atoms. The molecule has 0 atom stereocenters. The third kappa shape index (κ3) is 3.56. The fraction of sp³-hybridized carbons (Fsp3) is 0.800. The Morgan fingerprint density at radius 1 is 0.684 bits per heavy atom. The molecule has 0 saturated heterocycles. The Kier molecular flexibility index (Phi) is 5.76. The quantitative estimate of drug-likeness (QED) is 0.510. The molecule has 0 saturated carbocycles. The molecule has 0 aliphatic rings. The second-order valence-electron chi connectivity index (χ2n) is 3.96. The minimum atomic E-state index is -5.38. The van der Waals surface area contributed by atoms with Gasteiger partial charge < -0.3 is 0 Å². The van der Waals surface area contributed by atoms with Crippen molar-refractivity contribution in [1.29, 1.82) is 0 Å². The molecule has 0 rings (SSSR count). The monoisotopic (exact) mass is 302 g/mol. The minimum Gasteiger partial charge on any atom is -0.247 e. The normalized spacial score (nSPS) is 13.6. The first-order chi connectivity index (χ1) is 8.52. The number of alkyl halides is 9. The van der Waals surface area contributed by atoms with Crippen molar-refractivity contribution in [2.75, 3.05) is 26.7 Å². The standard InChI is InChI=1S/C10H11F9/c1-6(10(17,18)19)7(8(15,2-11)3-12)9(16,4-13)5-14/h2-5H2,1H3. The van der Waals surface area contributed by atoms with Crippen LogP contribution in [0.2, 0.25) is 0 Å². The fourth-order valence-electron chi connectivity index (χ4n) is 1.55. The van der Waals surface area contributed by atoms with Crippen LogP contribution in [-0.4, -0.2) is 44.2 Å². The second-order valence-corrected chi connectivity index (χ2v) is 3.96. The van der Waals surface area contributed by atoms with E-state index in [1.54, 1.807) is 0 Å². The van der Waals surface area contributed by atoms with E-state index >= 15 is 0 Å². The number of hydrogen-bond donors (Lipinski definition) is 0. The zero-order chi connectivity index (χ0) is 15.5. The van der Waals surface area contributed by atoms with Gasteiger partial charge in [-0.15, -0.1) is 0 Å². The number of rotatable bonds is 6. The van der Waals surface area contributed by atoms with Crippen molar-refractivity contribution in [2.45, 2.75) is 24.4 Å². The highest BCUT2D eigenvalue weighted by molar-refractivity contribution is 5.35. The van der Waals surface area contributed by atoms with Crippen molar-refractivity contribution in [3.8, 4) is 0 Å². The van der Waals surface area contributed by atoms with E-state index in [-0.39, 0.29) is 6.92 Å². The molecule has 0 aromatic rings. The lowest BCUT2D eigenvalue weighted by molar-refractivity contribution is -0.0967. The van der Waals surface area contributed by atoms with Crippen LogP contribution in [0.4, 0.5) is 39.5 Å². The molecular weight excluding hydrogens is 291 g/mol. The molecule has 0 radical (unpaired) electrons. The fourth-order valence-corrected chi connectivity index (χ4v) is 1.55. The number of halogens is 9. The maximum atomic E-state index is 13.7. The lowest BCUT2D eigenvalue weighted by atomic mass is 9.82. The average molecular weight is 302 g/mol. The summed E-state index contributed by atoms with van der Waals surface area (Å²) in [7, 11) is 0. The van der Waals surface area contributed by atoms with E-state index in [2.05, 4.69) is 0 Å². The Balaban J connectivity index is 6.22. The molecule has 0 heterocycles. The first kappa shape index (κ1) is 18.1. The van der Waals surface area contributed by atoms with Crippen LogP contribution in [0.25, 0.3) is 0 Å². The molecule has 0 aliphatic heterocycles. The Morgan fingerprint density at radius 3 is 1.11 bits per heavy atom. The van der Waals surface area contributed by atoms with Gasteiger partial charge in [-0.05, 0) is 6.92 Å². The summed E-state index contributed by atoms with van der Waals surface area (Å²) in [6, 6.07) is 0. The minimum absolute atomic E-state index is 0.106. The summed E-state index contributed by atoms with van der Waals surface area (Å²) < 4.78 is 114. The summed E-state index contributed by atoms with van der Waals surface area (Å²) in [5.41, 5.74) is -12.4. The maximum absolute atomic E-state index is 13.7. The third-order valence-corrected chi connectivity index (χ3v) is 2.54. The first-order valence-electron chi connectivity index (χ1n) is 4.93. The Labute approximate surface area is 103 Å². The van der Waals surface area contributed by atoms with Gasteiger partial charge >= 0.3 is 6.18 Å². The second kappa shape index (κ2) is 6.04. The van der Waals surface area contributed by atoms with Gasteiger partial charge in [-0.1, -0.05) is 0 Å². The van der Waals surface area contributed by atoms with Crippen LogP contribution < -0.4 is 0 Å². The Hall–Kier alpha value is -0.890. The molecule has 0 aromatic carbocycles. The smallest absolute Gasteiger partial charge is 0.247 e. The summed E-state index contributed by atoms with van der Waals surface area (Å²) in [6.45, 7) is -9.40. The van der Waals surface area contributed by atoms with Crippen molar-refractivity contribution in [1.82, 2.24) is 0 Å². The van der Waals surface area contributed by atoms with Gasteiger partial charge in [0, 0.05) is 11.1 Å². The van der Waals surface area contributed by atoms with Crippen LogP contribution in [0.1, 0.15) is 6.92 Å². The number of allylic oxidation sites excluding steroid dienone is 2. The van der Waals surface area contributed by atoms with E-state index in [1.165, 1.54) is 0 Å². The van der Waals surface area contributed by atoms with Gasteiger partial charge in [0.15, 0.2) is 11.3 Å². The van der Waals surface area contributed by atoms with E-state index < -0.39 is 55.4 Å². The molecule has 0 amide bonds. The molecule has 114 valence electrons. The predicted molar refractivity (Wildman–Crippen MR) is 50.3 cm³/mol. The highest BCUT2D eigenvalue weighted by Crippen LogP contribution is 2.42. The lowest BCUT2D eigenvalue weighted by Gasteiger charge is -2.33. The highest BCUT2D eigenvalue weighted by Gasteiger charge is 2.53. The molecular formula is C10H11F9. The van der Waals surface area contributed by atoms with Crippen LogP contribution in [0, 0.1) is 0 Å². The van der Waals surface area contributed by atoms with Gasteiger partial charge in [-0.25, -0.2) is 26.3 Å². The molecule has 0 N–H and O–H groups in total. The van der Waals surface area contributed by atoms with Crippen LogP contribution in [0.5, 0.6) is 0 Å². The zero-order valence-electron chi connectivity index (χ0n) is 9.73. The summed E-state index contributed by atoms with van der Waals surface area (Å²) >= 11 is 0. The summed E-state index contributed by atoms with van der Waals surface area (Å²) in [5.74, 6) is 0.